The van der Waals surface area contributed by atoms with Gasteiger partial charge < -0.3 is 20.1 Å². The molecule has 0 aromatic heterocycles. The summed E-state index contributed by atoms with van der Waals surface area (Å²) in [6.07, 6.45) is -4.82. The molecule has 1 aromatic carbocycles. The van der Waals surface area contributed by atoms with Crippen molar-refractivity contribution in [3.05, 3.63) is 35.4 Å². The third-order valence-electron chi connectivity index (χ3n) is 4.40. The van der Waals surface area contributed by atoms with Gasteiger partial charge in [0.15, 0.2) is 0 Å². The molecule has 0 aliphatic carbocycles. The van der Waals surface area contributed by atoms with Gasteiger partial charge >= 0.3 is 12.3 Å². The highest BCUT2D eigenvalue weighted by molar-refractivity contribution is 5.85. The van der Waals surface area contributed by atoms with Crippen molar-refractivity contribution in [2.24, 2.45) is 0 Å². The van der Waals surface area contributed by atoms with E-state index in [2.05, 4.69) is 5.32 Å². The van der Waals surface area contributed by atoms with Crippen molar-refractivity contribution in [3.63, 3.8) is 0 Å². The second-order valence-electron chi connectivity index (χ2n) is 7.88. The van der Waals surface area contributed by atoms with Crippen molar-refractivity contribution >= 4 is 12.0 Å². The molecule has 2 N–H and O–H groups in total. The number of amides is 2. The molecule has 1 aliphatic heterocycles. The lowest BCUT2D eigenvalue weighted by atomic mass is 9.90. The zero-order valence-corrected chi connectivity index (χ0v) is 16.1. The summed E-state index contributed by atoms with van der Waals surface area (Å²) in [7, 11) is 0. The second-order valence-corrected chi connectivity index (χ2v) is 7.88. The number of aliphatic hydroxyl groups is 1. The summed E-state index contributed by atoms with van der Waals surface area (Å²) in [6.45, 7) is 5.58. The number of piperidine rings is 1. The van der Waals surface area contributed by atoms with Gasteiger partial charge in [-0.2, -0.15) is 13.2 Å². The number of hydrogen-bond donors (Lipinski definition) is 2. The molecule has 2 rings (SSSR count). The molecular weight excluding hydrogens is 377 g/mol. The van der Waals surface area contributed by atoms with Gasteiger partial charge in [0.2, 0.25) is 0 Å². The molecule has 1 fully saturated rings. The lowest BCUT2D eigenvalue weighted by Crippen LogP contribution is -2.55. The van der Waals surface area contributed by atoms with Crippen molar-refractivity contribution in [1.82, 2.24) is 10.2 Å². The van der Waals surface area contributed by atoms with Crippen LogP contribution in [0.1, 0.15) is 44.7 Å². The van der Waals surface area contributed by atoms with Crippen LogP contribution in [-0.4, -0.2) is 46.3 Å². The van der Waals surface area contributed by atoms with Crippen molar-refractivity contribution in [3.8, 4) is 0 Å². The van der Waals surface area contributed by atoms with Crippen LogP contribution in [0.25, 0.3) is 0 Å². The van der Waals surface area contributed by atoms with Crippen LogP contribution < -0.4 is 5.32 Å². The number of halogens is 3. The number of benzene rings is 1. The van der Waals surface area contributed by atoms with Crippen LogP contribution >= 0.6 is 0 Å². The van der Waals surface area contributed by atoms with Gasteiger partial charge in [-0.25, -0.2) is 4.79 Å². The van der Waals surface area contributed by atoms with E-state index in [0.29, 0.717) is 5.56 Å². The van der Waals surface area contributed by atoms with Crippen molar-refractivity contribution in [1.29, 1.82) is 0 Å². The molecule has 28 heavy (non-hydrogen) atoms. The summed E-state index contributed by atoms with van der Waals surface area (Å²) >= 11 is 0. The number of carbonyl (C=O) groups is 2. The summed E-state index contributed by atoms with van der Waals surface area (Å²) in [6, 6.07) is 4.43. The molecule has 0 atom stereocenters. The van der Waals surface area contributed by atoms with E-state index in [1.165, 1.54) is 17.0 Å². The minimum atomic E-state index is -4.42. The van der Waals surface area contributed by atoms with Gasteiger partial charge in [0.25, 0.3) is 5.91 Å². The van der Waals surface area contributed by atoms with Gasteiger partial charge in [-0.1, -0.05) is 12.1 Å². The lowest BCUT2D eigenvalue weighted by Gasteiger charge is -2.37. The molecule has 0 unspecified atom stereocenters. The average molecular weight is 402 g/mol. The van der Waals surface area contributed by atoms with Gasteiger partial charge in [-0.15, -0.1) is 0 Å². The van der Waals surface area contributed by atoms with Gasteiger partial charge in [0, 0.05) is 32.5 Å². The fourth-order valence-corrected chi connectivity index (χ4v) is 2.77. The maximum Gasteiger partial charge on any atom is 0.416 e. The molecule has 0 bridgehead atoms. The average Bonchev–Trinajstić information content (AvgIpc) is 2.58. The van der Waals surface area contributed by atoms with E-state index < -0.39 is 34.9 Å². The van der Waals surface area contributed by atoms with Crippen molar-refractivity contribution in [2.45, 2.75) is 57.5 Å². The Hall–Kier alpha value is -2.29. The maximum atomic E-state index is 12.6. The largest absolute Gasteiger partial charge is 0.444 e. The van der Waals surface area contributed by atoms with Gasteiger partial charge in [-0.3, -0.25) is 4.79 Å². The summed E-state index contributed by atoms with van der Waals surface area (Å²) in [5.41, 5.74) is -2.55. The normalized spacial score (nSPS) is 17.2. The summed E-state index contributed by atoms with van der Waals surface area (Å²) < 4.78 is 43.0. The standard InChI is InChI=1S/C19H25F3N2O4/c1-17(2,3)28-16(26)24-10-8-18(27,9-11-24)15(25)23-12-13-4-6-14(7-5-13)19(20,21)22/h4-7,27H,8-12H2,1-3H3,(H,23,25). The van der Waals surface area contributed by atoms with Crippen LogP contribution in [0.5, 0.6) is 0 Å². The third kappa shape index (κ3) is 5.85. The second kappa shape index (κ2) is 7.98. The quantitative estimate of drug-likeness (QED) is 0.815. The molecule has 0 spiro atoms. The van der Waals surface area contributed by atoms with Gasteiger partial charge in [-0.05, 0) is 38.5 Å². The Morgan fingerprint density at radius 1 is 1.14 bits per heavy atom. The number of nitrogens with one attached hydrogen (secondary N) is 1. The van der Waals surface area contributed by atoms with E-state index >= 15 is 0 Å². The first-order valence-electron chi connectivity index (χ1n) is 8.95. The Bertz CT molecular complexity index is 703. The van der Waals surface area contributed by atoms with Gasteiger partial charge in [0.05, 0.1) is 5.56 Å². The van der Waals surface area contributed by atoms with E-state index in [1.54, 1.807) is 20.8 Å². The van der Waals surface area contributed by atoms with Crippen LogP contribution in [-0.2, 0) is 22.3 Å². The maximum absolute atomic E-state index is 12.6. The molecule has 1 aliphatic rings. The zero-order chi connectivity index (χ0) is 21.2. The zero-order valence-electron chi connectivity index (χ0n) is 16.1. The number of alkyl halides is 3. The number of rotatable bonds is 3. The Morgan fingerprint density at radius 3 is 2.14 bits per heavy atom. The van der Waals surface area contributed by atoms with Crippen LogP contribution in [0.4, 0.5) is 18.0 Å². The first-order valence-corrected chi connectivity index (χ1v) is 8.95. The third-order valence-corrected chi connectivity index (χ3v) is 4.40. The number of hydrogen-bond acceptors (Lipinski definition) is 4. The molecule has 0 saturated carbocycles. The van der Waals surface area contributed by atoms with Crippen LogP contribution in [0.3, 0.4) is 0 Å². The summed E-state index contributed by atoms with van der Waals surface area (Å²) in [5.74, 6) is -0.615. The molecule has 6 nitrogen and oxygen atoms in total. The Labute approximate surface area is 161 Å². The highest BCUT2D eigenvalue weighted by Crippen LogP contribution is 2.29. The minimum absolute atomic E-state index is 0.00490. The molecule has 9 heteroatoms. The molecule has 2 amide bonds. The predicted molar refractivity (Wildman–Crippen MR) is 95.3 cm³/mol. The molecular formula is C19H25F3N2O4. The molecule has 0 radical (unpaired) electrons. The van der Waals surface area contributed by atoms with E-state index in [-0.39, 0.29) is 32.5 Å². The highest BCUT2D eigenvalue weighted by atomic mass is 19.4. The van der Waals surface area contributed by atoms with E-state index in [1.807, 2.05) is 0 Å². The highest BCUT2D eigenvalue weighted by Gasteiger charge is 2.41. The van der Waals surface area contributed by atoms with E-state index in [9.17, 15) is 27.9 Å². The monoisotopic (exact) mass is 402 g/mol. The first kappa shape index (κ1) is 22.0. The summed E-state index contributed by atoms with van der Waals surface area (Å²) in [4.78, 5) is 25.8. The Balaban J connectivity index is 1.87. The molecule has 1 aromatic rings. The number of carbonyl (C=O) groups excluding carboxylic acids is 2. The van der Waals surface area contributed by atoms with Gasteiger partial charge in [0.1, 0.15) is 11.2 Å². The number of nitrogens with zero attached hydrogens (tertiary/aromatic N) is 1. The molecule has 1 heterocycles. The topological polar surface area (TPSA) is 78.9 Å². The van der Waals surface area contributed by atoms with Crippen LogP contribution in [0.15, 0.2) is 24.3 Å². The van der Waals surface area contributed by atoms with Crippen LogP contribution in [0.2, 0.25) is 0 Å². The fraction of sp³-hybridized carbons (Fsp3) is 0.579. The van der Waals surface area contributed by atoms with Crippen molar-refractivity contribution < 1.29 is 32.6 Å². The molecule has 1 saturated heterocycles. The Morgan fingerprint density at radius 2 is 1.68 bits per heavy atom. The SMILES string of the molecule is CC(C)(C)OC(=O)N1CCC(O)(C(=O)NCc2ccc(C(F)(F)F)cc2)CC1. The lowest BCUT2D eigenvalue weighted by molar-refractivity contribution is -0.144. The predicted octanol–water partition coefficient (Wildman–Crippen LogP) is 3.08. The number of ether oxygens (including phenoxy) is 1. The Kier molecular flexibility index (Phi) is 6.27. The van der Waals surface area contributed by atoms with Crippen LogP contribution in [0, 0.1) is 0 Å². The molecule has 156 valence electrons. The summed E-state index contributed by atoms with van der Waals surface area (Å²) in [5, 5.41) is 13.1. The first-order chi connectivity index (χ1) is 12.8. The minimum Gasteiger partial charge on any atom is -0.444 e. The number of likely N-dealkylation sites (tertiary alicyclic amines) is 1. The van der Waals surface area contributed by atoms with E-state index in [4.69, 9.17) is 4.74 Å². The van der Waals surface area contributed by atoms with E-state index in [0.717, 1.165) is 12.1 Å². The van der Waals surface area contributed by atoms with Crippen molar-refractivity contribution in [2.75, 3.05) is 13.1 Å². The fourth-order valence-electron chi connectivity index (χ4n) is 2.77. The smallest absolute Gasteiger partial charge is 0.416 e.